The number of nitrogens with one attached hydrogen (secondary N) is 1. The van der Waals surface area contributed by atoms with Crippen LogP contribution < -0.4 is 11.1 Å². The first-order valence-corrected chi connectivity index (χ1v) is 7.65. The molecule has 0 atom stereocenters. The van der Waals surface area contributed by atoms with Crippen molar-refractivity contribution in [3.63, 3.8) is 0 Å². The summed E-state index contributed by atoms with van der Waals surface area (Å²) >= 11 is 1.72. The Morgan fingerprint density at radius 2 is 2.00 bits per heavy atom. The lowest BCUT2D eigenvalue weighted by atomic mass is 9.85. The van der Waals surface area contributed by atoms with Crippen molar-refractivity contribution in [2.24, 2.45) is 11.7 Å². The first kappa shape index (κ1) is 15.9. The van der Waals surface area contributed by atoms with Crippen LogP contribution in [0, 0.1) is 25.4 Å². The zero-order valence-corrected chi connectivity index (χ0v) is 13.3. The highest BCUT2D eigenvalue weighted by atomic mass is 127. The zero-order valence-electron chi connectivity index (χ0n) is 11.1. The van der Waals surface area contributed by atoms with E-state index in [2.05, 4.69) is 5.32 Å². The summed E-state index contributed by atoms with van der Waals surface area (Å²) in [5.41, 5.74) is 5.31. The van der Waals surface area contributed by atoms with E-state index in [1.54, 1.807) is 22.6 Å². The highest BCUT2D eigenvalue weighted by molar-refractivity contribution is 14.1. The maximum absolute atomic E-state index is 13.6. The normalized spacial score (nSPS) is 21.8. The molecule has 0 aromatic heterocycles. The summed E-state index contributed by atoms with van der Waals surface area (Å²) in [6.07, 6.45) is 2.65. The van der Waals surface area contributed by atoms with Crippen molar-refractivity contribution in [2.75, 3.05) is 5.32 Å². The minimum absolute atomic E-state index is 0.0150. The maximum Gasteiger partial charge on any atom is 0.293 e. The van der Waals surface area contributed by atoms with E-state index in [9.17, 15) is 19.3 Å². The third kappa shape index (κ3) is 3.80. The molecule has 1 aromatic rings. The Morgan fingerprint density at radius 1 is 1.38 bits per heavy atom. The van der Waals surface area contributed by atoms with Crippen LogP contribution in [0.3, 0.4) is 0 Å². The predicted octanol–water partition coefficient (Wildman–Crippen LogP) is 2.79. The van der Waals surface area contributed by atoms with E-state index in [4.69, 9.17) is 5.73 Å². The van der Waals surface area contributed by atoms with Gasteiger partial charge in [0, 0.05) is 24.1 Å². The van der Waals surface area contributed by atoms with Gasteiger partial charge in [-0.25, -0.2) is 4.39 Å². The second kappa shape index (κ2) is 6.54. The van der Waals surface area contributed by atoms with Crippen molar-refractivity contribution < 1.29 is 14.1 Å². The van der Waals surface area contributed by atoms with Gasteiger partial charge in [0.05, 0.1) is 8.49 Å². The van der Waals surface area contributed by atoms with Gasteiger partial charge in [-0.05, 0) is 48.3 Å². The second-order valence-corrected chi connectivity index (χ2v) is 6.30. The fourth-order valence-corrected chi connectivity index (χ4v) is 3.00. The summed E-state index contributed by atoms with van der Waals surface area (Å²) in [5, 5.41) is 14.1. The predicted molar refractivity (Wildman–Crippen MR) is 84.3 cm³/mol. The Kier molecular flexibility index (Phi) is 4.96. The molecule has 0 unspecified atom stereocenters. The fraction of sp³-hybridized carbons (Fsp3) is 0.462. The van der Waals surface area contributed by atoms with Crippen molar-refractivity contribution in [1.82, 2.24) is 0 Å². The number of hydrogen-bond donors (Lipinski definition) is 2. The standard InChI is InChI=1S/C13H15FIN3O3/c14-9-5-11(12(18(20)21)6-10(9)15)17-8-3-1-7(2-4-8)13(16)19/h5-8,17H,1-4H2,(H2,16,19). The molecule has 8 heteroatoms. The number of benzene rings is 1. The van der Waals surface area contributed by atoms with Crippen LogP contribution >= 0.6 is 22.6 Å². The fourth-order valence-electron chi connectivity index (χ4n) is 2.55. The number of nitrogens with two attached hydrogens (primary N) is 1. The molecular weight excluding hydrogens is 392 g/mol. The first-order chi connectivity index (χ1) is 9.88. The van der Waals surface area contributed by atoms with Gasteiger partial charge in [0.1, 0.15) is 11.5 Å². The molecule has 0 saturated heterocycles. The number of rotatable bonds is 4. The summed E-state index contributed by atoms with van der Waals surface area (Å²) in [5.74, 6) is -0.930. The monoisotopic (exact) mass is 407 g/mol. The van der Waals surface area contributed by atoms with Gasteiger partial charge in [0.15, 0.2) is 0 Å². The SMILES string of the molecule is NC(=O)C1CCC(Nc2cc(F)c(I)cc2[N+](=O)[O-])CC1. The van der Waals surface area contributed by atoms with Crippen LogP contribution in [0.4, 0.5) is 15.8 Å². The summed E-state index contributed by atoms with van der Waals surface area (Å²) < 4.78 is 13.8. The van der Waals surface area contributed by atoms with E-state index >= 15 is 0 Å². The van der Waals surface area contributed by atoms with Crippen molar-refractivity contribution >= 4 is 39.9 Å². The summed E-state index contributed by atoms with van der Waals surface area (Å²) in [6, 6.07) is 2.35. The average molecular weight is 407 g/mol. The molecule has 0 heterocycles. The van der Waals surface area contributed by atoms with E-state index in [1.807, 2.05) is 0 Å². The van der Waals surface area contributed by atoms with Crippen molar-refractivity contribution in [2.45, 2.75) is 31.7 Å². The number of carbonyl (C=O) groups excluding carboxylic acids is 1. The number of nitro benzene ring substituents is 1. The zero-order chi connectivity index (χ0) is 15.6. The quantitative estimate of drug-likeness (QED) is 0.456. The molecule has 21 heavy (non-hydrogen) atoms. The summed E-state index contributed by atoms with van der Waals surface area (Å²) in [4.78, 5) is 21.6. The first-order valence-electron chi connectivity index (χ1n) is 6.57. The van der Waals surface area contributed by atoms with Crippen LogP contribution in [0.5, 0.6) is 0 Å². The summed E-state index contributed by atoms with van der Waals surface area (Å²) in [6.45, 7) is 0. The lowest BCUT2D eigenvalue weighted by molar-refractivity contribution is -0.384. The molecule has 1 aliphatic rings. The number of nitro groups is 1. The van der Waals surface area contributed by atoms with Crippen LogP contribution in [0.1, 0.15) is 25.7 Å². The number of primary amides is 1. The molecule has 1 aliphatic carbocycles. The average Bonchev–Trinajstić information content (AvgIpc) is 2.43. The number of halogens is 2. The minimum atomic E-state index is -0.529. The van der Waals surface area contributed by atoms with Gasteiger partial charge in [0.25, 0.3) is 5.69 Å². The number of nitrogens with zero attached hydrogens (tertiary/aromatic N) is 1. The van der Waals surface area contributed by atoms with Crippen LogP contribution in [0.2, 0.25) is 0 Å². The highest BCUT2D eigenvalue weighted by Gasteiger charge is 2.26. The Morgan fingerprint density at radius 3 is 2.52 bits per heavy atom. The van der Waals surface area contributed by atoms with Gasteiger partial charge in [-0.3, -0.25) is 14.9 Å². The molecule has 114 valence electrons. The van der Waals surface area contributed by atoms with Crippen LogP contribution in [0.25, 0.3) is 0 Å². The third-order valence-corrected chi connectivity index (χ3v) is 4.55. The molecule has 0 bridgehead atoms. The van der Waals surface area contributed by atoms with Crippen LogP contribution in [-0.4, -0.2) is 16.9 Å². The number of hydrogen-bond acceptors (Lipinski definition) is 4. The van der Waals surface area contributed by atoms with Crippen LogP contribution in [0.15, 0.2) is 12.1 Å². The highest BCUT2D eigenvalue weighted by Crippen LogP contribution is 2.32. The van der Waals surface area contributed by atoms with Crippen molar-refractivity contribution in [1.29, 1.82) is 0 Å². The molecular formula is C13H15FIN3O3. The smallest absolute Gasteiger partial charge is 0.293 e. The van der Waals surface area contributed by atoms with Crippen LogP contribution in [-0.2, 0) is 4.79 Å². The Bertz CT molecular complexity index is 574. The van der Waals surface area contributed by atoms with E-state index in [1.165, 1.54) is 6.07 Å². The van der Waals surface area contributed by atoms with Gasteiger partial charge < -0.3 is 11.1 Å². The van der Waals surface area contributed by atoms with Gasteiger partial charge in [-0.1, -0.05) is 0 Å². The molecule has 1 saturated carbocycles. The van der Waals surface area contributed by atoms with Crippen molar-refractivity contribution in [3.05, 3.63) is 31.6 Å². The second-order valence-electron chi connectivity index (χ2n) is 5.14. The Labute approximate surface area is 134 Å². The van der Waals surface area contributed by atoms with Gasteiger partial charge in [-0.15, -0.1) is 0 Å². The van der Waals surface area contributed by atoms with E-state index in [-0.39, 0.29) is 32.8 Å². The lowest BCUT2D eigenvalue weighted by Gasteiger charge is -2.28. The maximum atomic E-state index is 13.6. The number of anilines is 1. The largest absolute Gasteiger partial charge is 0.377 e. The lowest BCUT2D eigenvalue weighted by Crippen LogP contribution is -2.32. The molecule has 1 fully saturated rings. The van der Waals surface area contributed by atoms with E-state index < -0.39 is 10.7 Å². The van der Waals surface area contributed by atoms with E-state index in [0.29, 0.717) is 25.7 Å². The van der Waals surface area contributed by atoms with Crippen molar-refractivity contribution in [3.8, 4) is 0 Å². The molecule has 6 nitrogen and oxygen atoms in total. The van der Waals surface area contributed by atoms with E-state index in [0.717, 1.165) is 6.07 Å². The Balaban J connectivity index is 2.11. The molecule has 1 amide bonds. The number of carbonyl (C=O) groups is 1. The topological polar surface area (TPSA) is 98.3 Å². The number of amides is 1. The minimum Gasteiger partial charge on any atom is -0.377 e. The molecule has 0 aliphatic heterocycles. The van der Waals surface area contributed by atoms with Gasteiger partial charge in [-0.2, -0.15) is 0 Å². The molecule has 1 aromatic carbocycles. The molecule has 0 spiro atoms. The third-order valence-electron chi connectivity index (χ3n) is 3.72. The molecule has 3 N–H and O–H groups in total. The summed E-state index contributed by atoms with van der Waals surface area (Å²) in [7, 11) is 0. The molecule has 2 rings (SSSR count). The Hall–Kier alpha value is -1.45. The molecule has 0 radical (unpaired) electrons. The van der Waals surface area contributed by atoms with Gasteiger partial charge in [0.2, 0.25) is 5.91 Å². The van der Waals surface area contributed by atoms with Gasteiger partial charge >= 0.3 is 0 Å².